The number of anilines is 1. The van der Waals surface area contributed by atoms with Gasteiger partial charge in [-0.25, -0.2) is 4.39 Å². The van der Waals surface area contributed by atoms with Gasteiger partial charge < -0.3 is 5.73 Å². The van der Waals surface area contributed by atoms with Crippen LogP contribution in [0.1, 0.15) is 5.56 Å². The minimum atomic E-state index is -0.587. The van der Waals surface area contributed by atoms with Crippen molar-refractivity contribution in [2.75, 3.05) is 5.73 Å². The summed E-state index contributed by atoms with van der Waals surface area (Å²) in [6, 6.07) is 1.25. The van der Waals surface area contributed by atoms with Crippen molar-refractivity contribution in [1.82, 2.24) is 4.98 Å². The summed E-state index contributed by atoms with van der Waals surface area (Å²) < 4.78 is 13.3. The molecule has 0 aliphatic heterocycles. The molecule has 0 bridgehead atoms. The molecule has 5 heteroatoms. The Bertz CT molecular complexity index is 555. The lowest BCUT2D eigenvalue weighted by Gasteiger charge is -2.07. The molecule has 2 rings (SSSR count). The Balaban J connectivity index is 2.98. The van der Waals surface area contributed by atoms with Crippen molar-refractivity contribution in [3.63, 3.8) is 0 Å². The number of pyridine rings is 1. The lowest BCUT2D eigenvalue weighted by atomic mass is 10.1. The van der Waals surface area contributed by atoms with E-state index in [9.17, 15) is 4.39 Å². The van der Waals surface area contributed by atoms with Gasteiger partial charge in [-0.3, -0.25) is 4.98 Å². The molecule has 0 saturated carbocycles. The van der Waals surface area contributed by atoms with Crippen molar-refractivity contribution < 1.29 is 4.39 Å². The highest BCUT2D eigenvalue weighted by atomic mass is 35.5. The maximum atomic E-state index is 13.3. The SMILES string of the molecule is Cc1cnc2c(N)c(Cl)c(F)cc2c1Cl. The van der Waals surface area contributed by atoms with E-state index in [0.717, 1.165) is 5.56 Å². The molecule has 0 saturated heterocycles. The first kappa shape index (κ1) is 10.5. The van der Waals surface area contributed by atoms with Crippen LogP contribution in [0.5, 0.6) is 0 Å². The van der Waals surface area contributed by atoms with Gasteiger partial charge in [0.1, 0.15) is 10.8 Å². The highest BCUT2D eigenvalue weighted by Gasteiger charge is 2.13. The van der Waals surface area contributed by atoms with Crippen LogP contribution < -0.4 is 5.73 Å². The molecule has 78 valence electrons. The summed E-state index contributed by atoms with van der Waals surface area (Å²) >= 11 is 11.7. The third-order valence-corrected chi connectivity index (χ3v) is 3.08. The summed E-state index contributed by atoms with van der Waals surface area (Å²) in [6.07, 6.45) is 1.58. The highest BCUT2D eigenvalue weighted by molar-refractivity contribution is 6.38. The number of hydrogen-bond donors (Lipinski definition) is 1. The lowest BCUT2D eigenvalue weighted by Crippen LogP contribution is -1.95. The van der Waals surface area contributed by atoms with Gasteiger partial charge in [0.15, 0.2) is 0 Å². The summed E-state index contributed by atoms with van der Waals surface area (Å²) in [5.74, 6) is -0.587. The monoisotopic (exact) mass is 244 g/mol. The second kappa shape index (κ2) is 3.51. The number of halogens is 3. The van der Waals surface area contributed by atoms with Crippen molar-refractivity contribution in [3.8, 4) is 0 Å². The van der Waals surface area contributed by atoms with Crippen LogP contribution in [-0.2, 0) is 0 Å². The predicted octanol–water partition coefficient (Wildman–Crippen LogP) is 3.57. The molecule has 0 radical (unpaired) electrons. The van der Waals surface area contributed by atoms with Gasteiger partial charge in [-0.1, -0.05) is 23.2 Å². The molecule has 2 nitrogen and oxygen atoms in total. The molecule has 2 N–H and O–H groups in total. The molecular weight excluding hydrogens is 238 g/mol. The first-order chi connectivity index (χ1) is 7.02. The second-order valence-electron chi connectivity index (χ2n) is 3.24. The molecule has 0 atom stereocenters. The maximum absolute atomic E-state index is 13.3. The Kier molecular flexibility index (Phi) is 2.44. The predicted molar refractivity (Wildman–Crippen MR) is 60.9 cm³/mol. The molecule has 0 amide bonds. The number of aryl methyl sites for hydroxylation is 1. The zero-order chi connectivity index (χ0) is 11.2. The molecule has 1 aromatic carbocycles. The number of aromatic nitrogens is 1. The van der Waals surface area contributed by atoms with Crippen LogP contribution >= 0.6 is 23.2 Å². The van der Waals surface area contributed by atoms with Gasteiger partial charge in [0.25, 0.3) is 0 Å². The fraction of sp³-hybridized carbons (Fsp3) is 0.100. The highest BCUT2D eigenvalue weighted by Crippen LogP contribution is 2.34. The average Bonchev–Trinajstić information content (AvgIpc) is 2.21. The number of nitrogens with zero attached hydrogens (tertiary/aromatic N) is 1. The summed E-state index contributed by atoms with van der Waals surface area (Å²) in [5, 5.41) is 0.813. The fourth-order valence-corrected chi connectivity index (χ4v) is 1.71. The van der Waals surface area contributed by atoms with Crippen LogP contribution in [0.2, 0.25) is 10.0 Å². The quantitative estimate of drug-likeness (QED) is 0.720. The van der Waals surface area contributed by atoms with Crippen molar-refractivity contribution in [3.05, 3.63) is 33.7 Å². The smallest absolute Gasteiger partial charge is 0.144 e. The Morgan fingerprint density at radius 2 is 2.00 bits per heavy atom. The normalized spacial score (nSPS) is 10.9. The van der Waals surface area contributed by atoms with Gasteiger partial charge in [0.05, 0.1) is 16.2 Å². The Hall–Kier alpha value is -1.06. The lowest BCUT2D eigenvalue weighted by molar-refractivity contribution is 0.630. The topological polar surface area (TPSA) is 38.9 Å². The summed E-state index contributed by atoms with van der Waals surface area (Å²) in [5.41, 5.74) is 6.96. The number of nitrogen functional groups attached to an aromatic ring is 1. The number of hydrogen-bond acceptors (Lipinski definition) is 2. The first-order valence-corrected chi connectivity index (χ1v) is 4.96. The number of nitrogens with two attached hydrogens (primary N) is 1. The Morgan fingerprint density at radius 3 is 2.67 bits per heavy atom. The van der Waals surface area contributed by atoms with E-state index in [1.165, 1.54) is 6.07 Å². The van der Waals surface area contributed by atoms with E-state index in [4.69, 9.17) is 28.9 Å². The molecule has 0 unspecified atom stereocenters. The third kappa shape index (κ3) is 1.52. The van der Waals surface area contributed by atoms with Crippen molar-refractivity contribution in [2.45, 2.75) is 6.92 Å². The standard InChI is InChI=1S/C10H7Cl2FN2/c1-4-3-15-10-5(7(4)11)2-6(13)8(12)9(10)14/h2-3H,14H2,1H3. The Morgan fingerprint density at radius 1 is 1.33 bits per heavy atom. The third-order valence-electron chi connectivity index (χ3n) is 2.20. The van der Waals surface area contributed by atoms with E-state index in [2.05, 4.69) is 4.98 Å². The van der Waals surface area contributed by atoms with Gasteiger partial charge in [-0.15, -0.1) is 0 Å². The minimum absolute atomic E-state index is 0.116. The van der Waals surface area contributed by atoms with Crippen molar-refractivity contribution in [2.24, 2.45) is 0 Å². The van der Waals surface area contributed by atoms with Crippen LogP contribution in [0.4, 0.5) is 10.1 Å². The zero-order valence-corrected chi connectivity index (χ0v) is 9.33. The first-order valence-electron chi connectivity index (χ1n) is 4.20. The second-order valence-corrected chi connectivity index (χ2v) is 3.99. The number of rotatable bonds is 0. The summed E-state index contributed by atoms with van der Waals surface area (Å²) in [6.45, 7) is 1.79. The van der Waals surface area contributed by atoms with Crippen LogP contribution in [-0.4, -0.2) is 4.98 Å². The molecule has 0 fully saturated rings. The van der Waals surface area contributed by atoms with E-state index in [1.54, 1.807) is 13.1 Å². The van der Waals surface area contributed by atoms with Gasteiger partial charge in [-0.2, -0.15) is 0 Å². The molecule has 1 aromatic heterocycles. The zero-order valence-electron chi connectivity index (χ0n) is 7.81. The molecular formula is C10H7Cl2FN2. The summed E-state index contributed by atoms with van der Waals surface area (Å²) in [7, 11) is 0. The van der Waals surface area contributed by atoms with E-state index < -0.39 is 5.82 Å². The van der Waals surface area contributed by atoms with Crippen molar-refractivity contribution in [1.29, 1.82) is 0 Å². The summed E-state index contributed by atoms with van der Waals surface area (Å²) in [4.78, 5) is 4.08. The molecule has 0 aliphatic rings. The van der Waals surface area contributed by atoms with Crippen LogP contribution in [0, 0.1) is 12.7 Å². The molecule has 0 spiro atoms. The largest absolute Gasteiger partial charge is 0.396 e. The van der Waals surface area contributed by atoms with E-state index in [-0.39, 0.29) is 10.7 Å². The van der Waals surface area contributed by atoms with Crippen LogP contribution in [0.25, 0.3) is 10.9 Å². The van der Waals surface area contributed by atoms with Crippen LogP contribution in [0.15, 0.2) is 12.3 Å². The molecule has 15 heavy (non-hydrogen) atoms. The van der Waals surface area contributed by atoms with E-state index >= 15 is 0 Å². The fourth-order valence-electron chi connectivity index (χ4n) is 1.37. The van der Waals surface area contributed by atoms with E-state index in [0.29, 0.717) is 15.9 Å². The van der Waals surface area contributed by atoms with Crippen molar-refractivity contribution >= 4 is 39.8 Å². The van der Waals surface area contributed by atoms with Gasteiger partial charge in [0.2, 0.25) is 0 Å². The molecule has 2 aromatic rings. The maximum Gasteiger partial charge on any atom is 0.144 e. The average molecular weight is 245 g/mol. The van der Waals surface area contributed by atoms with Gasteiger partial charge in [-0.05, 0) is 18.6 Å². The molecule has 1 heterocycles. The minimum Gasteiger partial charge on any atom is -0.396 e. The van der Waals surface area contributed by atoms with Gasteiger partial charge >= 0.3 is 0 Å². The molecule has 0 aliphatic carbocycles. The van der Waals surface area contributed by atoms with Gasteiger partial charge in [0, 0.05) is 11.6 Å². The Labute approximate surface area is 95.8 Å². The van der Waals surface area contributed by atoms with Crippen LogP contribution in [0.3, 0.4) is 0 Å². The number of fused-ring (bicyclic) bond motifs is 1. The van der Waals surface area contributed by atoms with E-state index in [1.807, 2.05) is 0 Å². The number of benzene rings is 1.